The molecule has 0 spiro atoms. The Morgan fingerprint density at radius 2 is 1.92 bits per heavy atom. The normalized spacial score (nSPS) is 9.92. The van der Waals surface area contributed by atoms with Gasteiger partial charge in [0.15, 0.2) is 0 Å². The molecule has 0 fully saturated rings. The topological polar surface area (TPSA) is 29.5 Å². The number of rotatable bonds is 2. The predicted molar refractivity (Wildman–Crippen MR) is 48.7 cm³/mol. The number of benzene rings is 1. The highest BCUT2D eigenvalue weighted by Gasteiger charge is 2.02. The molecular formula is C10H14O2. The van der Waals surface area contributed by atoms with Crippen molar-refractivity contribution in [3.8, 4) is 11.5 Å². The van der Waals surface area contributed by atoms with Crippen molar-refractivity contribution in [3.05, 3.63) is 23.3 Å². The maximum atomic E-state index is 9.34. The number of aromatic hydroxyl groups is 1. The lowest BCUT2D eigenvalue weighted by molar-refractivity contribution is 0.336. The number of phenols is 1. The Bertz CT molecular complexity index is 279. The average Bonchev–Trinajstić information content (AvgIpc) is 2.01. The Kier molecular flexibility index (Phi) is 2.58. The van der Waals surface area contributed by atoms with Crippen LogP contribution in [-0.2, 0) is 0 Å². The van der Waals surface area contributed by atoms with Crippen LogP contribution in [0.25, 0.3) is 0 Å². The Morgan fingerprint density at radius 3 is 2.50 bits per heavy atom. The lowest BCUT2D eigenvalue weighted by atomic mass is 10.1. The molecule has 1 aromatic carbocycles. The zero-order chi connectivity index (χ0) is 9.14. The largest absolute Gasteiger partial charge is 0.508 e. The summed E-state index contributed by atoms with van der Waals surface area (Å²) in [5.41, 5.74) is 1.82. The van der Waals surface area contributed by atoms with Crippen LogP contribution in [-0.4, -0.2) is 11.7 Å². The van der Waals surface area contributed by atoms with E-state index >= 15 is 0 Å². The molecule has 0 aliphatic heterocycles. The minimum atomic E-state index is 0.330. The van der Waals surface area contributed by atoms with Crippen LogP contribution < -0.4 is 4.74 Å². The monoisotopic (exact) mass is 166 g/mol. The van der Waals surface area contributed by atoms with E-state index in [1.807, 2.05) is 26.8 Å². The highest BCUT2D eigenvalue weighted by Crippen LogP contribution is 2.26. The molecule has 2 heteroatoms. The number of ether oxygens (including phenoxy) is 1. The van der Waals surface area contributed by atoms with Crippen molar-refractivity contribution in [2.24, 2.45) is 0 Å². The van der Waals surface area contributed by atoms with Crippen molar-refractivity contribution in [2.45, 2.75) is 20.8 Å². The lowest BCUT2D eigenvalue weighted by Crippen LogP contribution is -1.94. The maximum Gasteiger partial charge on any atom is 0.122 e. The second kappa shape index (κ2) is 3.48. The van der Waals surface area contributed by atoms with E-state index < -0.39 is 0 Å². The van der Waals surface area contributed by atoms with Gasteiger partial charge in [0.2, 0.25) is 0 Å². The van der Waals surface area contributed by atoms with E-state index in [-0.39, 0.29) is 0 Å². The molecule has 12 heavy (non-hydrogen) atoms. The fraction of sp³-hybridized carbons (Fsp3) is 0.400. The molecule has 0 atom stereocenters. The average molecular weight is 166 g/mol. The van der Waals surface area contributed by atoms with Gasteiger partial charge in [0.05, 0.1) is 6.61 Å². The van der Waals surface area contributed by atoms with Crippen LogP contribution in [0, 0.1) is 13.8 Å². The predicted octanol–water partition coefficient (Wildman–Crippen LogP) is 2.41. The van der Waals surface area contributed by atoms with Crippen molar-refractivity contribution in [1.82, 2.24) is 0 Å². The van der Waals surface area contributed by atoms with E-state index in [9.17, 15) is 5.11 Å². The number of phenolic OH excluding ortho intramolecular Hbond substituents is 1. The molecule has 1 rings (SSSR count). The molecule has 0 saturated carbocycles. The lowest BCUT2D eigenvalue weighted by Gasteiger charge is -2.08. The van der Waals surface area contributed by atoms with Gasteiger partial charge in [-0.3, -0.25) is 0 Å². The molecular weight excluding hydrogens is 152 g/mol. The standard InChI is InChI=1S/C10H14O2/c1-4-12-10-6-7(2)9(11)5-8(10)3/h5-6,11H,4H2,1-3H3. The van der Waals surface area contributed by atoms with E-state index in [0.29, 0.717) is 12.4 Å². The third kappa shape index (κ3) is 1.70. The van der Waals surface area contributed by atoms with Gasteiger partial charge in [0, 0.05) is 0 Å². The van der Waals surface area contributed by atoms with Crippen LogP contribution in [0.4, 0.5) is 0 Å². The molecule has 1 N–H and O–H groups in total. The van der Waals surface area contributed by atoms with Gasteiger partial charge in [-0.25, -0.2) is 0 Å². The van der Waals surface area contributed by atoms with Gasteiger partial charge in [-0.15, -0.1) is 0 Å². The molecule has 0 heterocycles. The second-order valence-corrected chi connectivity index (χ2v) is 2.84. The van der Waals surface area contributed by atoms with Crippen LogP contribution in [0.1, 0.15) is 18.1 Å². The summed E-state index contributed by atoms with van der Waals surface area (Å²) < 4.78 is 5.36. The zero-order valence-corrected chi connectivity index (χ0v) is 7.72. The molecule has 66 valence electrons. The van der Waals surface area contributed by atoms with Crippen molar-refractivity contribution >= 4 is 0 Å². The van der Waals surface area contributed by atoms with Gasteiger partial charge in [-0.2, -0.15) is 0 Å². The summed E-state index contributed by atoms with van der Waals surface area (Å²) in [7, 11) is 0. The van der Waals surface area contributed by atoms with E-state index in [2.05, 4.69) is 0 Å². The molecule has 0 amide bonds. The minimum Gasteiger partial charge on any atom is -0.508 e. The van der Waals surface area contributed by atoms with Gasteiger partial charge in [0.1, 0.15) is 11.5 Å². The highest BCUT2D eigenvalue weighted by atomic mass is 16.5. The third-order valence-electron chi connectivity index (χ3n) is 1.79. The summed E-state index contributed by atoms with van der Waals surface area (Å²) in [6.07, 6.45) is 0. The van der Waals surface area contributed by atoms with Crippen molar-refractivity contribution in [3.63, 3.8) is 0 Å². The molecule has 0 aliphatic rings. The fourth-order valence-corrected chi connectivity index (χ4v) is 1.09. The quantitative estimate of drug-likeness (QED) is 0.731. The van der Waals surface area contributed by atoms with Crippen molar-refractivity contribution in [1.29, 1.82) is 0 Å². The fourth-order valence-electron chi connectivity index (χ4n) is 1.09. The second-order valence-electron chi connectivity index (χ2n) is 2.84. The first kappa shape index (κ1) is 8.91. The molecule has 2 nitrogen and oxygen atoms in total. The maximum absolute atomic E-state index is 9.34. The molecule has 0 bridgehead atoms. The Hall–Kier alpha value is -1.18. The van der Waals surface area contributed by atoms with Crippen molar-refractivity contribution < 1.29 is 9.84 Å². The number of aryl methyl sites for hydroxylation is 2. The van der Waals surface area contributed by atoms with Gasteiger partial charge < -0.3 is 9.84 Å². The van der Waals surface area contributed by atoms with Crippen LogP contribution >= 0.6 is 0 Å². The van der Waals surface area contributed by atoms with E-state index in [1.54, 1.807) is 6.07 Å². The van der Waals surface area contributed by atoms with Gasteiger partial charge >= 0.3 is 0 Å². The van der Waals surface area contributed by atoms with Crippen LogP contribution in [0.2, 0.25) is 0 Å². The van der Waals surface area contributed by atoms with Crippen molar-refractivity contribution in [2.75, 3.05) is 6.61 Å². The van der Waals surface area contributed by atoms with E-state index in [1.165, 1.54) is 0 Å². The smallest absolute Gasteiger partial charge is 0.122 e. The SMILES string of the molecule is CCOc1cc(C)c(O)cc1C. The van der Waals surface area contributed by atoms with Crippen LogP contribution in [0.5, 0.6) is 11.5 Å². The van der Waals surface area contributed by atoms with E-state index in [0.717, 1.165) is 16.9 Å². The summed E-state index contributed by atoms with van der Waals surface area (Å²) in [5, 5.41) is 9.34. The first-order chi connectivity index (χ1) is 5.65. The Balaban J connectivity index is 3.05. The van der Waals surface area contributed by atoms with Gasteiger partial charge in [0.25, 0.3) is 0 Å². The highest BCUT2D eigenvalue weighted by molar-refractivity contribution is 5.44. The summed E-state index contributed by atoms with van der Waals surface area (Å²) >= 11 is 0. The Labute approximate surface area is 72.8 Å². The summed E-state index contributed by atoms with van der Waals surface area (Å²) in [6, 6.07) is 3.58. The van der Waals surface area contributed by atoms with E-state index in [4.69, 9.17) is 4.74 Å². The molecule has 0 saturated heterocycles. The number of hydrogen-bond acceptors (Lipinski definition) is 2. The Morgan fingerprint density at radius 1 is 1.25 bits per heavy atom. The molecule has 0 radical (unpaired) electrons. The molecule has 0 aromatic heterocycles. The zero-order valence-electron chi connectivity index (χ0n) is 7.72. The first-order valence-corrected chi connectivity index (χ1v) is 4.08. The number of hydrogen-bond donors (Lipinski definition) is 1. The summed E-state index contributed by atoms with van der Waals surface area (Å²) in [4.78, 5) is 0. The van der Waals surface area contributed by atoms with Gasteiger partial charge in [-0.05, 0) is 44.0 Å². The molecule has 0 unspecified atom stereocenters. The molecule has 1 aromatic rings. The summed E-state index contributed by atoms with van der Waals surface area (Å²) in [5.74, 6) is 1.18. The minimum absolute atomic E-state index is 0.330. The van der Waals surface area contributed by atoms with Gasteiger partial charge in [-0.1, -0.05) is 0 Å². The molecule has 0 aliphatic carbocycles. The third-order valence-corrected chi connectivity index (χ3v) is 1.79. The van der Waals surface area contributed by atoms with Crippen LogP contribution in [0.15, 0.2) is 12.1 Å². The first-order valence-electron chi connectivity index (χ1n) is 4.08. The van der Waals surface area contributed by atoms with Crippen LogP contribution in [0.3, 0.4) is 0 Å². The summed E-state index contributed by atoms with van der Waals surface area (Å²) in [6.45, 7) is 6.38.